The number of rotatable bonds is 7. The standard InChI is InChI=1S/C39H31NS.C13H14N2/c1-26-24-30(29-18-21-31(22-19-29)40-25-28-10-4-3-5-11-28)20-23-32(26)33-13-8-14-34(27(33)2)36-15-9-16-37-35-12-6-7-17-38(35)41-39(36)37;14-13(15)12-9-5-4-8-11(12)10-6-2-1-3-7-10/h3-8,10-14,16-25H,9,15H2,1-2H3;1-9,13H,14-15H2. The van der Waals surface area contributed by atoms with Crippen LogP contribution in [-0.4, -0.2) is 6.21 Å². The lowest BCUT2D eigenvalue weighted by atomic mass is 9.87. The van der Waals surface area contributed by atoms with Crippen molar-refractivity contribution in [2.75, 3.05) is 0 Å². The minimum atomic E-state index is -0.429. The number of aryl methyl sites for hydroxylation is 1. The highest BCUT2D eigenvalue weighted by Gasteiger charge is 2.16. The number of nitrogens with two attached hydrogens (primary N) is 2. The summed E-state index contributed by atoms with van der Waals surface area (Å²) in [5.41, 5.74) is 27.3. The molecule has 1 aliphatic rings. The Morgan fingerprint density at radius 1 is 0.589 bits per heavy atom. The molecule has 1 aromatic heterocycles. The molecule has 0 radical (unpaired) electrons. The first-order valence-corrected chi connectivity index (χ1v) is 20.0. The first-order chi connectivity index (χ1) is 27.4. The minimum absolute atomic E-state index is 0.429. The van der Waals surface area contributed by atoms with Crippen molar-refractivity contribution in [3.63, 3.8) is 0 Å². The van der Waals surface area contributed by atoms with E-state index in [1.807, 2.05) is 78.2 Å². The highest BCUT2D eigenvalue weighted by atomic mass is 32.1. The molecule has 4 N–H and O–H groups in total. The van der Waals surface area contributed by atoms with Crippen LogP contribution in [-0.2, 0) is 0 Å². The van der Waals surface area contributed by atoms with E-state index in [4.69, 9.17) is 11.5 Å². The molecule has 3 nitrogen and oxygen atoms in total. The van der Waals surface area contributed by atoms with Gasteiger partial charge in [0.1, 0.15) is 0 Å². The second kappa shape index (κ2) is 16.7. The third-order valence-corrected chi connectivity index (χ3v) is 11.8. The van der Waals surface area contributed by atoms with Gasteiger partial charge in [-0.1, -0.05) is 158 Å². The summed E-state index contributed by atoms with van der Waals surface area (Å²) >= 11 is 1.94. The quantitative estimate of drug-likeness (QED) is 0.126. The van der Waals surface area contributed by atoms with Crippen LogP contribution in [0.3, 0.4) is 0 Å². The summed E-state index contributed by atoms with van der Waals surface area (Å²) in [4.78, 5) is 4.64. The third-order valence-electron chi connectivity index (χ3n) is 10.6. The van der Waals surface area contributed by atoms with Gasteiger partial charge in [-0.2, -0.15) is 0 Å². The molecule has 0 unspecified atom stereocenters. The van der Waals surface area contributed by atoms with Gasteiger partial charge in [-0.05, 0) is 122 Å². The topological polar surface area (TPSA) is 64.4 Å². The van der Waals surface area contributed by atoms with Crippen molar-refractivity contribution in [1.29, 1.82) is 0 Å². The van der Waals surface area contributed by atoms with Crippen molar-refractivity contribution in [2.24, 2.45) is 16.5 Å². The zero-order chi connectivity index (χ0) is 38.4. The van der Waals surface area contributed by atoms with E-state index < -0.39 is 6.17 Å². The monoisotopic (exact) mass is 743 g/mol. The molecule has 274 valence electrons. The predicted molar refractivity (Wildman–Crippen MR) is 241 cm³/mol. The van der Waals surface area contributed by atoms with Gasteiger partial charge in [0.05, 0.1) is 11.9 Å². The molecule has 56 heavy (non-hydrogen) atoms. The van der Waals surface area contributed by atoms with Gasteiger partial charge in [-0.3, -0.25) is 4.99 Å². The number of aliphatic imine (C=N–C) groups is 1. The fourth-order valence-electron chi connectivity index (χ4n) is 7.72. The Morgan fingerprint density at radius 3 is 2.02 bits per heavy atom. The molecular weight excluding hydrogens is 699 g/mol. The maximum Gasteiger partial charge on any atom is 0.0790 e. The van der Waals surface area contributed by atoms with Crippen LogP contribution in [0.25, 0.3) is 55.1 Å². The van der Waals surface area contributed by atoms with E-state index in [0.717, 1.165) is 40.8 Å². The predicted octanol–water partition coefficient (Wildman–Crippen LogP) is 11.6. The minimum Gasteiger partial charge on any atom is -0.312 e. The molecule has 0 saturated carbocycles. The van der Waals surface area contributed by atoms with Crippen molar-refractivity contribution in [3.8, 4) is 33.4 Å². The average Bonchev–Trinajstić information content (AvgIpc) is 3.63. The zero-order valence-corrected chi connectivity index (χ0v) is 32.6. The van der Waals surface area contributed by atoms with Gasteiger partial charge >= 0.3 is 0 Å². The molecule has 8 aromatic rings. The number of hydrogen-bond acceptors (Lipinski definition) is 4. The molecule has 0 bridgehead atoms. The van der Waals surface area contributed by atoms with Crippen LogP contribution in [0.2, 0.25) is 0 Å². The van der Waals surface area contributed by atoms with Gasteiger partial charge in [0.15, 0.2) is 0 Å². The van der Waals surface area contributed by atoms with E-state index in [2.05, 4.69) is 134 Å². The lowest BCUT2D eigenvalue weighted by Gasteiger charge is -2.17. The molecule has 0 spiro atoms. The zero-order valence-electron chi connectivity index (χ0n) is 31.8. The van der Waals surface area contributed by atoms with Gasteiger partial charge in [0.2, 0.25) is 0 Å². The van der Waals surface area contributed by atoms with Gasteiger partial charge in [-0.15, -0.1) is 11.3 Å². The average molecular weight is 744 g/mol. The Balaban J connectivity index is 0.000000247. The van der Waals surface area contributed by atoms with Gasteiger partial charge in [-0.25, -0.2) is 0 Å². The van der Waals surface area contributed by atoms with E-state index in [1.165, 1.54) is 64.4 Å². The summed E-state index contributed by atoms with van der Waals surface area (Å²) in [6, 6.07) is 59.3. The second-order valence-electron chi connectivity index (χ2n) is 14.3. The number of fused-ring (bicyclic) bond motifs is 3. The number of nitrogens with zero attached hydrogens (tertiary/aromatic N) is 1. The van der Waals surface area contributed by atoms with E-state index in [-0.39, 0.29) is 0 Å². The fraction of sp³-hybridized carbons (Fsp3) is 0.0962. The van der Waals surface area contributed by atoms with Crippen molar-refractivity contribution < 1.29 is 0 Å². The largest absolute Gasteiger partial charge is 0.312 e. The number of thiophene rings is 1. The highest BCUT2D eigenvalue weighted by molar-refractivity contribution is 7.17. The Hall–Kier alpha value is -6.17. The van der Waals surface area contributed by atoms with Crippen LogP contribution in [0.15, 0.2) is 175 Å². The number of benzene rings is 7. The van der Waals surface area contributed by atoms with E-state index in [9.17, 15) is 0 Å². The third kappa shape index (κ3) is 7.82. The molecule has 1 aliphatic carbocycles. The molecule has 9 rings (SSSR count). The molecule has 0 atom stereocenters. The van der Waals surface area contributed by atoms with Crippen LogP contribution in [0.4, 0.5) is 5.69 Å². The first kappa shape index (κ1) is 36.8. The van der Waals surface area contributed by atoms with Crippen molar-refractivity contribution in [1.82, 2.24) is 0 Å². The lowest BCUT2D eigenvalue weighted by molar-refractivity contribution is 0.776. The summed E-state index contributed by atoms with van der Waals surface area (Å²) < 4.78 is 2.82. The van der Waals surface area contributed by atoms with Crippen LogP contribution in [0.1, 0.15) is 46.8 Å². The Morgan fingerprint density at radius 2 is 1.25 bits per heavy atom. The van der Waals surface area contributed by atoms with Gasteiger partial charge in [0, 0.05) is 15.4 Å². The molecule has 4 heteroatoms. The van der Waals surface area contributed by atoms with Crippen LogP contribution in [0.5, 0.6) is 0 Å². The maximum atomic E-state index is 5.73. The van der Waals surface area contributed by atoms with Crippen LogP contribution < -0.4 is 21.2 Å². The molecule has 1 heterocycles. The van der Waals surface area contributed by atoms with Crippen LogP contribution in [0, 0.1) is 13.8 Å². The molecular formula is C52H45N3S. The van der Waals surface area contributed by atoms with Crippen LogP contribution >= 0.6 is 11.3 Å². The van der Waals surface area contributed by atoms with Gasteiger partial charge < -0.3 is 11.5 Å². The van der Waals surface area contributed by atoms with E-state index >= 15 is 0 Å². The Bertz CT molecular complexity index is 2780. The smallest absolute Gasteiger partial charge is 0.0790 e. The Kier molecular flexibility index (Phi) is 11.0. The summed E-state index contributed by atoms with van der Waals surface area (Å²) in [5.74, 6) is 0. The SMILES string of the molecule is Cc1cc(-c2ccc(N=Cc3ccccc3)cc2)ccc1-c1cccc(C2=c3sc4ccccc4c3=CCC2)c1C.NC(N)c1ccccc1-c1ccccc1. The number of hydrogen-bond donors (Lipinski definition) is 2. The molecule has 0 amide bonds. The van der Waals surface area contributed by atoms with E-state index in [1.54, 1.807) is 0 Å². The molecule has 0 saturated heterocycles. The maximum absolute atomic E-state index is 5.73. The normalized spacial score (nSPS) is 12.3. The fourth-order valence-corrected chi connectivity index (χ4v) is 9.01. The van der Waals surface area contributed by atoms with E-state index in [0.29, 0.717) is 0 Å². The van der Waals surface area contributed by atoms with Gasteiger partial charge in [0.25, 0.3) is 0 Å². The van der Waals surface area contributed by atoms with Crippen molar-refractivity contribution >= 4 is 45.0 Å². The van der Waals surface area contributed by atoms with Crippen molar-refractivity contribution in [3.05, 3.63) is 207 Å². The molecule has 0 fully saturated rings. The summed E-state index contributed by atoms with van der Waals surface area (Å²) in [6.07, 6.45) is 6.10. The summed E-state index contributed by atoms with van der Waals surface area (Å²) in [5, 5.41) is 2.81. The summed E-state index contributed by atoms with van der Waals surface area (Å²) in [7, 11) is 0. The summed E-state index contributed by atoms with van der Waals surface area (Å²) in [6.45, 7) is 4.53. The second-order valence-corrected chi connectivity index (χ2v) is 15.3. The lowest BCUT2D eigenvalue weighted by Crippen LogP contribution is -2.25. The molecule has 7 aromatic carbocycles. The van der Waals surface area contributed by atoms with Crippen molar-refractivity contribution in [2.45, 2.75) is 32.9 Å². The first-order valence-electron chi connectivity index (χ1n) is 19.2. The Labute approximate surface area is 333 Å². The molecule has 0 aliphatic heterocycles. The highest BCUT2D eigenvalue weighted by Crippen LogP contribution is 2.35.